The van der Waals surface area contributed by atoms with Crippen LogP contribution in [0.3, 0.4) is 0 Å². The van der Waals surface area contributed by atoms with Crippen LogP contribution in [0.1, 0.15) is 0 Å². The van der Waals surface area contributed by atoms with Gasteiger partial charge in [0.25, 0.3) is 0 Å². The fourth-order valence-corrected chi connectivity index (χ4v) is 0.447. The molecule has 0 radical (unpaired) electrons. The van der Waals surface area contributed by atoms with Crippen LogP contribution in [0, 0.1) is 0 Å². The van der Waals surface area contributed by atoms with Crippen molar-refractivity contribution in [1.29, 1.82) is 0 Å². The van der Waals surface area contributed by atoms with Crippen molar-refractivity contribution in [3.05, 3.63) is 0 Å². The van der Waals surface area contributed by atoms with E-state index in [0.29, 0.717) is 0 Å². The first kappa shape index (κ1) is 9.36. The van der Waals surface area contributed by atoms with Crippen molar-refractivity contribution in [3.63, 3.8) is 0 Å². The van der Waals surface area contributed by atoms with Gasteiger partial charge in [0.05, 0.1) is 6.61 Å². The largest absolute Gasteiger partial charge is 0.441 e. The second-order valence-electron chi connectivity index (χ2n) is 1.16. The van der Waals surface area contributed by atoms with E-state index in [4.69, 9.17) is 16.7 Å². The molecule has 0 saturated heterocycles. The van der Waals surface area contributed by atoms with E-state index < -0.39 is 17.7 Å². The molecule has 0 rings (SSSR count). The highest BCUT2D eigenvalue weighted by molar-refractivity contribution is 6.22. The highest BCUT2D eigenvalue weighted by atomic mass is 35.5. The SMILES string of the molecule is OCC(Cl)OC(F)(F)Cl. The number of hydrogen-bond acceptors (Lipinski definition) is 2. The lowest BCUT2D eigenvalue weighted by Crippen LogP contribution is -2.20. The first-order valence-corrected chi connectivity index (χ1v) is 2.76. The van der Waals surface area contributed by atoms with Crippen molar-refractivity contribution < 1.29 is 18.6 Å². The Morgan fingerprint density at radius 3 is 2.22 bits per heavy atom. The van der Waals surface area contributed by atoms with Crippen LogP contribution in [0.4, 0.5) is 8.78 Å². The molecule has 1 N–H and O–H groups in total. The van der Waals surface area contributed by atoms with E-state index >= 15 is 0 Å². The normalized spacial score (nSPS) is 15.7. The predicted molar refractivity (Wildman–Crippen MR) is 28.6 cm³/mol. The molecule has 6 heteroatoms. The summed E-state index contributed by atoms with van der Waals surface area (Å²) in [7, 11) is 0. The molecular weight excluding hydrogens is 177 g/mol. The summed E-state index contributed by atoms with van der Waals surface area (Å²) in [5.74, 6) is 0. The smallest absolute Gasteiger partial charge is 0.392 e. The summed E-state index contributed by atoms with van der Waals surface area (Å²) >= 11 is 9.17. The third-order valence-electron chi connectivity index (χ3n) is 0.405. The third-order valence-corrected chi connectivity index (χ3v) is 0.721. The topological polar surface area (TPSA) is 29.5 Å². The molecule has 0 aliphatic carbocycles. The maximum absolute atomic E-state index is 11.5. The van der Waals surface area contributed by atoms with Gasteiger partial charge in [0.2, 0.25) is 0 Å². The molecule has 0 aliphatic heterocycles. The van der Waals surface area contributed by atoms with Gasteiger partial charge in [-0.25, -0.2) is 0 Å². The zero-order valence-corrected chi connectivity index (χ0v) is 5.66. The molecule has 0 aromatic heterocycles. The minimum atomic E-state index is -3.80. The number of ether oxygens (including phenoxy) is 1. The van der Waals surface area contributed by atoms with Crippen LogP contribution in [0.5, 0.6) is 0 Å². The quantitative estimate of drug-likeness (QED) is 0.665. The lowest BCUT2D eigenvalue weighted by Gasteiger charge is -2.11. The number of aliphatic hydroxyl groups excluding tert-OH is 1. The lowest BCUT2D eigenvalue weighted by molar-refractivity contribution is -0.186. The second-order valence-corrected chi connectivity index (χ2v) is 2.08. The fraction of sp³-hybridized carbons (Fsp3) is 1.00. The number of rotatable bonds is 3. The summed E-state index contributed by atoms with van der Waals surface area (Å²) in [6.07, 6.45) is 0. The Morgan fingerprint density at radius 2 is 2.11 bits per heavy atom. The molecule has 1 atom stereocenters. The average molecular weight is 181 g/mol. The van der Waals surface area contributed by atoms with Crippen LogP contribution in [-0.2, 0) is 4.74 Å². The van der Waals surface area contributed by atoms with E-state index in [2.05, 4.69) is 16.3 Å². The molecule has 0 heterocycles. The van der Waals surface area contributed by atoms with Crippen molar-refractivity contribution in [2.45, 2.75) is 11.1 Å². The first-order chi connectivity index (χ1) is 3.95. The van der Waals surface area contributed by atoms with Gasteiger partial charge in [-0.15, -0.1) is 0 Å². The van der Waals surface area contributed by atoms with E-state index in [9.17, 15) is 8.78 Å². The van der Waals surface area contributed by atoms with Crippen molar-refractivity contribution in [1.82, 2.24) is 0 Å². The molecule has 1 unspecified atom stereocenters. The Morgan fingerprint density at radius 1 is 1.67 bits per heavy atom. The molecule has 9 heavy (non-hydrogen) atoms. The monoisotopic (exact) mass is 180 g/mol. The molecular formula is C3H4Cl2F2O2. The first-order valence-electron chi connectivity index (χ1n) is 1.95. The Bertz CT molecular complexity index is 84.4. The Kier molecular flexibility index (Phi) is 3.65. The van der Waals surface area contributed by atoms with E-state index in [0.717, 1.165) is 0 Å². The van der Waals surface area contributed by atoms with Gasteiger partial charge < -0.3 is 5.11 Å². The van der Waals surface area contributed by atoms with E-state index in [-0.39, 0.29) is 0 Å². The molecule has 0 bridgehead atoms. The average Bonchev–Trinajstić information content (AvgIpc) is 1.62. The molecule has 2 nitrogen and oxygen atoms in total. The molecule has 0 saturated carbocycles. The molecule has 0 amide bonds. The molecule has 0 aromatic rings. The van der Waals surface area contributed by atoms with Crippen LogP contribution < -0.4 is 0 Å². The Hall–Kier alpha value is 0.360. The van der Waals surface area contributed by atoms with Crippen LogP contribution >= 0.6 is 23.2 Å². The highest BCUT2D eigenvalue weighted by Gasteiger charge is 2.29. The number of hydrogen-bond donors (Lipinski definition) is 1. The van der Waals surface area contributed by atoms with E-state index in [1.165, 1.54) is 0 Å². The Labute approximate surface area is 60.3 Å². The van der Waals surface area contributed by atoms with Crippen molar-refractivity contribution in [3.8, 4) is 0 Å². The van der Waals surface area contributed by atoms with Gasteiger partial charge in [0.15, 0.2) is 5.56 Å². The minimum Gasteiger partial charge on any atom is -0.392 e. The third kappa shape index (κ3) is 6.24. The summed E-state index contributed by atoms with van der Waals surface area (Å²) in [6.45, 7) is -0.704. The van der Waals surface area contributed by atoms with Gasteiger partial charge >= 0.3 is 5.57 Å². The zero-order chi connectivity index (χ0) is 7.49. The van der Waals surface area contributed by atoms with Crippen molar-refractivity contribution in [2.75, 3.05) is 6.61 Å². The number of alkyl halides is 4. The standard InChI is InChI=1S/C3H4Cl2F2O2/c4-2(1-8)9-3(5,6)7/h2,8H,1H2. The van der Waals surface area contributed by atoms with Gasteiger partial charge in [0, 0.05) is 0 Å². The molecule has 56 valence electrons. The number of halogens is 4. The molecule has 0 spiro atoms. The Balaban J connectivity index is 3.47. The summed E-state index contributed by atoms with van der Waals surface area (Å²) in [6, 6.07) is 0. The van der Waals surface area contributed by atoms with Crippen molar-refractivity contribution in [2.24, 2.45) is 0 Å². The van der Waals surface area contributed by atoms with Gasteiger partial charge in [-0.05, 0) is 11.6 Å². The van der Waals surface area contributed by atoms with Gasteiger partial charge in [-0.3, -0.25) is 4.74 Å². The van der Waals surface area contributed by atoms with E-state index in [1.54, 1.807) is 0 Å². The van der Waals surface area contributed by atoms with E-state index in [1.807, 2.05) is 0 Å². The van der Waals surface area contributed by atoms with Crippen LogP contribution in [0.15, 0.2) is 0 Å². The molecule has 0 aromatic carbocycles. The second kappa shape index (κ2) is 3.51. The maximum Gasteiger partial charge on any atom is 0.441 e. The summed E-state index contributed by atoms with van der Waals surface area (Å²) < 4.78 is 26.5. The van der Waals surface area contributed by atoms with Crippen LogP contribution in [-0.4, -0.2) is 22.8 Å². The van der Waals surface area contributed by atoms with Gasteiger partial charge in [-0.1, -0.05) is 11.6 Å². The van der Waals surface area contributed by atoms with Crippen LogP contribution in [0.25, 0.3) is 0 Å². The molecule has 0 fully saturated rings. The zero-order valence-electron chi connectivity index (χ0n) is 4.15. The highest BCUT2D eigenvalue weighted by Crippen LogP contribution is 2.23. The van der Waals surface area contributed by atoms with Gasteiger partial charge in [-0.2, -0.15) is 8.78 Å². The predicted octanol–water partition coefficient (Wildman–Crippen LogP) is 1.35. The fourth-order valence-electron chi connectivity index (χ4n) is 0.182. The van der Waals surface area contributed by atoms with Gasteiger partial charge in [0.1, 0.15) is 0 Å². The van der Waals surface area contributed by atoms with Crippen molar-refractivity contribution >= 4 is 23.2 Å². The summed E-state index contributed by atoms with van der Waals surface area (Å²) in [5, 5.41) is 8.05. The van der Waals surface area contributed by atoms with Crippen LogP contribution in [0.2, 0.25) is 0 Å². The molecule has 0 aliphatic rings. The summed E-state index contributed by atoms with van der Waals surface area (Å²) in [5.41, 5.74) is -5.26. The minimum absolute atomic E-state index is 0.704. The maximum atomic E-state index is 11.5. The number of aliphatic hydroxyl groups is 1. The lowest BCUT2D eigenvalue weighted by atomic mass is 10.8. The summed E-state index contributed by atoms with van der Waals surface area (Å²) in [4.78, 5) is 0.